The lowest BCUT2D eigenvalue weighted by molar-refractivity contribution is -0.119. The summed E-state index contributed by atoms with van der Waals surface area (Å²) in [4.78, 5) is 27.0. The van der Waals surface area contributed by atoms with Gasteiger partial charge in [-0.15, -0.1) is 0 Å². The number of amides is 2. The molecular weight excluding hydrogens is 390 g/mol. The van der Waals surface area contributed by atoms with E-state index in [0.717, 1.165) is 22.6 Å². The monoisotopic (exact) mass is 415 g/mol. The number of nitrogens with zero attached hydrogens (tertiary/aromatic N) is 1. The Balaban J connectivity index is 1.66. The van der Waals surface area contributed by atoms with Crippen molar-refractivity contribution in [1.82, 2.24) is 0 Å². The first-order chi connectivity index (χ1) is 15.0. The summed E-state index contributed by atoms with van der Waals surface area (Å²) in [6.45, 7) is 1.20. The molecule has 3 aromatic rings. The zero-order chi connectivity index (χ0) is 21.8. The van der Waals surface area contributed by atoms with Gasteiger partial charge in [0.2, 0.25) is 11.8 Å². The summed E-state index contributed by atoms with van der Waals surface area (Å²) in [6, 6.07) is 23.1. The first kappa shape index (κ1) is 20.5. The van der Waals surface area contributed by atoms with Crippen LogP contribution in [0.15, 0.2) is 72.8 Å². The summed E-state index contributed by atoms with van der Waals surface area (Å²) in [5.41, 5.74) is 9.51. The van der Waals surface area contributed by atoms with Gasteiger partial charge in [0, 0.05) is 18.7 Å². The lowest BCUT2D eigenvalue weighted by Crippen LogP contribution is -2.33. The molecule has 4 rings (SSSR count). The first-order valence-corrected chi connectivity index (χ1v) is 10.2. The van der Waals surface area contributed by atoms with Crippen molar-refractivity contribution in [1.29, 1.82) is 0 Å². The van der Waals surface area contributed by atoms with Crippen molar-refractivity contribution in [3.63, 3.8) is 0 Å². The number of hydrogen-bond acceptors (Lipinski definition) is 4. The van der Waals surface area contributed by atoms with Crippen molar-refractivity contribution in [3.05, 3.63) is 89.5 Å². The van der Waals surface area contributed by atoms with E-state index in [9.17, 15) is 9.59 Å². The summed E-state index contributed by atoms with van der Waals surface area (Å²) in [5, 5.41) is 3.01. The van der Waals surface area contributed by atoms with E-state index in [0.29, 0.717) is 30.8 Å². The molecule has 0 saturated heterocycles. The van der Waals surface area contributed by atoms with Gasteiger partial charge in [0.05, 0.1) is 24.4 Å². The Morgan fingerprint density at radius 3 is 2.48 bits per heavy atom. The van der Waals surface area contributed by atoms with Gasteiger partial charge in [-0.2, -0.15) is 0 Å². The minimum atomic E-state index is -0.523. The van der Waals surface area contributed by atoms with E-state index in [-0.39, 0.29) is 11.8 Å². The second-order valence-corrected chi connectivity index (χ2v) is 7.70. The van der Waals surface area contributed by atoms with Crippen LogP contribution in [-0.4, -0.2) is 25.5 Å². The maximum Gasteiger partial charge on any atom is 0.248 e. The molecule has 3 aromatic carbocycles. The van der Waals surface area contributed by atoms with Crippen LogP contribution in [-0.2, 0) is 17.8 Å². The number of anilines is 2. The zero-order valence-corrected chi connectivity index (χ0v) is 17.4. The van der Waals surface area contributed by atoms with Crippen molar-refractivity contribution in [2.75, 3.05) is 23.9 Å². The number of methoxy groups -OCH3 is 1. The van der Waals surface area contributed by atoms with Crippen LogP contribution in [0.1, 0.15) is 21.5 Å². The van der Waals surface area contributed by atoms with Crippen molar-refractivity contribution in [2.45, 2.75) is 13.0 Å². The molecule has 6 heteroatoms. The third kappa shape index (κ3) is 4.69. The van der Waals surface area contributed by atoms with E-state index in [1.165, 1.54) is 0 Å². The van der Waals surface area contributed by atoms with Gasteiger partial charge in [-0.05, 0) is 47.9 Å². The van der Waals surface area contributed by atoms with Gasteiger partial charge in [-0.25, -0.2) is 0 Å². The van der Waals surface area contributed by atoms with Gasteiger partial charge in [-0.3, -0.25) is 9.59 Å². The molecule has 1 atom stereocenters. The summed E-state index contributed by atoms with van der Waals surface area (Å²) in [6.07, 6.45) is 0.595. The molecule has 0 radical (unpaired) electrons. The normalized spacial score (nSPS) is 15.6. The van der Waals surface area contributed by atoms with Gasteiger partial charge in [0.25, 0.3) is 0 Å². The zero-order valence-electron chi connectivity index (χ0n) is 17.4. The number of carbonyl (C=O) groups is 2. The van der Waals surface area contributed by atoms with Crippen LogP contribution in [0.2, 0.25) is 0 Å². The molecule has 0 saturated carbocycles. The van der Waals surface area contributed by atoms with Crippen LogP contribution in [0.5, 0.6) is 5.75 Å². The molecule has 3 N–H and O–H groups in total. The standard InChI is InChI=1S/C25H25N3O3/c1-31-21-10-7-17(8-11-21)13-20-16-28(15-18-5-3-2-4-6-18)23-12-9-19(24(26)29)14-22(23)27-25(20)30/h2-12,14,20H,13,15-16H2,1H3,(H2,26,29)(H,27,30). The molecule has 0 aliphatic carbocycles. The molecule has 2 amide bonds. The Morgan fingerprint density at radius 2 is 1.81 bits per heavy atom. The van der Waals surface area contributed by atoms with E-state index in [4.69, 9.17) is 10.5 Å². The second kappa shape index (κ2) is 8.92. The van der Waals surface area contributed by atoms with Crippen molar-refractivity contribution in [3.8, 4) is 5.75 Å². The number of fused-ring (bicyclic) bond motifs is 1. The van der Waals surface area contributed by atoms with Gasteiger partial charge < -0.3 is 20.7 Å². The first-order valence-electron chi connectivity index (χ1n) is 10.2. The molecular formula is C25H25N3O3. The fourth-order valence-electron chi connectivity index (χ4n) is 3.90. The van der Waals surface area contributed by atoms with Crippen molar-refractivity contribution >= 4 is 23.2 Å². The smallest absolute Gasteiger partial charge is 0.248 e. The summed E-state index contributed by atoms with van der Waals surface area (Å²) in [7, 11) is 1.63. The molecule has 158 valence electrons. The minimum Gasteiger partial charge on any atom is -0.497 e. The molecule has 0 spiro atoms. The minimum absolute atomic E-state index is 0.0748. The molecule has 6 nitrogen and oxygen atoms in total. The molecule has 0 fully saturated rings. The second-order valence-electron chi connectivity index (χ2n) is 7.70. The predicted octanol–water partition coefficient (Wildman–Crippen LogP) is 3.61. The van der Waals surface area contributed by atoms with Gasteiger partial charge >= 0.3 is 0 Å². The average molecular weight is 415 g/mol. The van der Waals surface area contributed by atoms with Crippen molar-refractivity contribution in [2.24, 2.45) is 11.7 Å². The van der Waals surface area contributed by atoms with Crippen molar-refractivity contribution < 1.29 is 14.3 Å². The Labute approximate surface area is 181 Å². The quantitative estimate of drug-likeness (QED) is 0.644. The number of nitrogens with one attached hydrogen (secondary N) is 1. The van der Waals surface area contributed by atoms with Crippen LogP contribution in [0.4, 0.5) is 11.4 Å². The lowest BCUT2D eigenvalue weighted by atomic mass is 9.97. The number of primary amides is 1. The molecule has 1 unspecified atom stereocenters. The Morgan fingerprint density at radius 1 is 1.06 bits per heavy atom. The van der Waals surface area contributed by atoms with Crippen LogP contribution < -0.4 is 20.7 Å². The van der Waals surface area contributed by atoms with E-state index in [2.05, 4.69) is 22.3 Å². The molecule has 1 heterocycles. The highest BCUT2D eigenvalue weighted by Gasteiger charge is 2.29. The highest BCUT2D eigenvalue weighted by molar-refractivity contribution is 6.01. The van der Waals surface area contributed by atoms with E-state index in [1.807, 2.05) is 48.5 Å². The fourth-order valence-corrected chi connectivity index (χ4v) is 3.90. The molecule has 0 aromatic heterocycles. The Bertz CT molecular complexity index is 1080. The Kier molecular flexibility index (Phi) is 5.89. The number of rotatable bonds is 6. The van der Waals surface area contributed by atoms with E-state index in [1.54, 1.807) is 19.2 Å². The summed E-state index contributed by atoms with van der Waals surface area (Å²) < 4.78 is 5.23. The van der Waals surface area contributed by atoms with Crippen LogP contribution in [0.3, 0.4) is 0 Å². The van der Waals surface area contributed by atoms with Gasteiger partial charge in [0.15, 0.2) is 0 Å². The topological polar surface area (TPSA) is 84.7 Å². The number of hydrogen-bond donors (Lipinski definition) is 2. The molecule has 1 aliphatic rings. The average Bonchev–Trinajstić information content (AvgIpc) is 2.91. The number of benzene rings is 3. The predicted molar refractivity (Wildman–Crippen MR) is 121 cm³/mol. The molecule has 0 bridgehead atoms. The van der Waals surface area contributed by atoms with Crippen LogP contribution >= 0.6 is 0 Å². The van der Waals surface area contributed by atoms with E-state index >= 15 is 0 Å². The lowest BCUT2D eigenvalue weighted by Gasteiger charge is -2.27. The fraction of sp³-hybridized carbons (Fsp3) is 0.200. The third-order valence-corrected chi connectivity index (χ3v) is 5.55. The van der Waals surface area contributed by atoms with Gasteiger partial charge in [0.1, 0.15) is 5.75 Å². The maximum atomic E-state index is 13.1. The maximum absolute atomic E-state index is 13.1. The number of ether oxygens (including phenoxy) is 1. The summed E-state index contributed by atoms with van der Waals surface area (Å²) in [5.74, 6) is -0.0763. The van der Waals surface area contributed by atoms with Crippen LogP contribution in [0, 0.1) is 5.92 Å². The van der Waals surface area contributed by atoms with Crippen LogP contribution in [0.25, 0.3) is 0 Å². The van der Waals surface area contributed by atoms with Gasteiger partial charge in [-0.1, -0.05) is 42.5 Å². The third-order valence-electron chi connectivity index (χ3n) is 5.55. The number of carbonyl (C=O) groups excluding carboxylic acids is 2. The summed E-state index contributed by atoms with van der Waals surface area (Å²) >= 11 is 0. The largest absolute Gasteiger partial charge is 0.497 e. The van der Waals surface area contributed by atoms with E-state index < -0.39 is 5.91 Å². The molecule has 31 heavy (non-hydrogen) atoms. The highest BCUT2D eigenvalue weighted by atomic mass is 16.5. The highest BCUT2D eigenvalue weighted by Crippen LogP contribution is 2.33. The SMILES string of the molecule is COc1ccc(CC2CN(Cc3ccccc3)c3ccc(C(N)=O)cc3NC2=O)cc1. The molecule has 1 aliphatic heterocycles. The Hall–Kier alpha value is -3.80. The number of nitrogens with two attached hydrogens (primary N) is 1.